The first-order valence-corrected chi connectivity index (χ1v) is 11.6. The third-order valence-electron chi connectivity index (χ3n) is 6.75. The van der Waals surface area contributed by atoms with Crippen LogP contribution in [-0.2, 0) is 30.8 Å². The van der Waals surface area contributed by atoms with Gasteiger partial charge in [0.2, 0.25) is 0 Å². The largest absolute Gasteiger partial charge is 0.373 e. The average molecular weight is 551 g/mol. The normalized spacial score (nSPS) is 23.8. The lowest BCUT2D eigenvalue weighted by molar-refractivity contribution is -0.0502. The van der Waals surface area contributed by atoms with Gasteiger partial charge in [-0.3, -0.25) is 9.89 Å². The summed E-state index contributed by atoms with van der Waals surface area (Å²) in [5.41, 5.74) is 1.36. The molecule has 2 saturated heterocycles. The van der Waals surface area contributed by atoms with Crippen molar-refractivity contribution in [2.75, 3.05) is 33.3 Å². The van der Waals surface area contributed by atoms with Crippen LogP contribution in [-0.4, -0.2) is 76.0 Å². The number of nitrogens with zero attached hydrogens (tertiary/aromatic N) is 6. The van der Waals surface area contributed by atoms with Crippen LogP contribution in [0.25, 0.3) is 0 Å². The zero-order valence-corrected chi connectivity index (χ0v) is 21.1. The van der Waals surface area contributed by atoms with Crippen LogP contribution in [0.4, 0.5) is 0 Å². The van der Waals surface area contributed by atoms with Crippen LogP contribution in [0, 0.1) is 0 Å². The molecule has 4 heterocycles. The minimum Gasteiger partial charge on any atom is -0.373 e. The molecule has 9 heteroatoms. The van der Waals surface area contributed by atoms with Crippen molar-refractivity contribution in [2.24, 2.45) is 4.99 Å². The summed E-state index contributed by atoms with van der Waals surface area (Å²) >= 11 is 0. The van der Waals surface area contributed by atoms with Crippen LogP contribution in [0.3, 0.4) is 0 Å². The highest BCUT2D eigenvalue weighted by atomic mass is 127. The van der Waals surface area contributed by atoms with Crippen molar-refractivity contribution in [1.29, 1.82) is 0 Å². The summed E-state index contributed by atoms with van der Waals surface area (Å²) in [6.45, 7) is 6.20. The van der Waals surface area contributed by atoms with Gasteiger partial charge in [-0.25, -0.2) is 0 Å². The average Bonchev–Trinajstić information content (AvgIpc) is 3.32. The number of aryl methyl sites for hydroxylation is 1. The lowest BCUT2D eigenvalue weighted by Gasteiger charge is -2.36. The Morgan fingerprint density at radius 1 is 1.12 bits per heavy atom. The van der Waals surface area contributed by atoms with E-state index in [2.05, 4.69) is 65.2 Å². The van der Waals surface area contributed by atoms with Crippen molar-refractivity contribution in [1.82, 2.24) is 29.9 Å². The number of guanidine groups is 1. The summed E-state index contributed by atoms with van der Waals surface area (Å²) in [5.74, 6) is 3.06. The van der Waals surface area contributed by atoms with Gasteiger partial charge in [-0.1, -0.05) is 36.8 Å². The number of hydrogen-bond acceptors (Lipinski definition) is 5. The predicted octanol–water partition coefficient (Wildman–Crippen LogP) is 2.28. The fourth-order valence-electron chi connectivity index (χ4n) is 5.11. The molecule has 0 radical (unpaired) electrons. The van der Waals surface area contributed by atoms with Crippen molar-refractivity contribution in [3.8, 4) is 0 Å². The molecule has 2 aromatic rings. The van der Waals surface area contributed by atoms with Crippen molar-refractivity contribution in [2.45, 2.75) is 57.5 Å². The summed E-state index contributed by atoms with van der Waals surface area (Å²) in [6, 6.07) is 11.1. The SMILES string of the molecule is CN=C(NCc1nnc2n1CCCCC2)N1CC2OCCN(Cc3ccccc3)C2C1.I. The van der Waals surface area contributed by atoms with Gasteiger partial charge >= 0.3 is 0 Å². The van der Waals surface area contributed by atoms with E-state index < -0.39 is 0 Å². The minimum absolute atomic E-state index is 0. The molecule has 2 atom stereocenters. The van der Waals surface area contributed by atoms with Crippen LogP contribution < -0.4 is 5.32 Å². The first-order valence-electron chi connectivity index (χ1n) is 11.6. The zero-order chi connectivity index (χ0) is 21.0. The standard InChI is InChI=1S/C23H33N7O.HI/c1-24-23(25-14-22-27-26-21-10-6-3-7-11-30(21)22)29-16-19-20(17-29)31-13-12-28(19)15-18-8-4-2-5-9-18;/h2,4-5,8-9,19-20H,3,6-7,10-17H2,1H3,(H,24,25);1H. The van der Waals surface area contributed by atoms with E-state index in [0.29, 0.717) is 12.6 Å². The molecule has 0 bridgehead atoms. The van der Waals surface area contributed by atoms with Crippen LogP contribution in [0.5, 0.6) is 0 Å². The maximum atomic E-state index is 6.14. The molecule has 1 aromatic carbocycles. The molecule has 8 nitrogen and oxygen atoms in total. The third-order valence-corrected chi connectivity index (χ3v) is 6.75. The van der Waals surface area contributed by atoms with Crippen LogP contribution in [0.15, 0.2) is 35.3 Å². The van der Waals surface area contributed by atoms with Crippen molar-refractivity contribution < 1.29 is 4.74 Å². The van der Waals surface area contributed by atoms with Gasteiger partial charge in [-0.05, 0) is 18.4 Å². The summed E-state index contributed by atoms with van der Waals surface area (Å²) in [6.07, 6.45) is 4.94. The Morgan fingerprint density at radius 3 is 2.84 bits per heavy atom. The number of aliphatic imine (C=N–C) groups is 1. The lowest BCUT2D eigenvalue weighted by Crippen LogP contribution is -2.50. The monoisotopic (exact) mass is 551 g/mol. The Hall–Kier alpha value is -1.72. The second kappa shape index (κ2) is 10.9. The minimum atomic E-state index is 0. The topological polar surface area (TPSA) is 70.8 Å². The first kappa shape index (κ1) is 23.4. The Kier molecular flexibility index (Phi) is 8.01. The number of likely N-dealkylation sites (tertiary alicyclic amines) is 1. The number of halogens is 1. The molecule has 2 unspecified atom stereocenters. The van der Waals surface area contributed by atoms with E-state index >= 15 is 0 Å². The van der Waals surface area contributed by atoms with E-state index in [-0.39, 0.29) is 30.1 Å². The van der Waals surface area contributed by atoms with Gasteiger partial charge in [0.05, 0.1) is 25.3 Å². The maximum Gasteiger partial charge on any atom is 0.194 e. The van der Waals surface area contributed by atoms with E-state index in [1.54, 1.807) is 0 Å². The van der Waals surface area contributed by atoms with Crippen LogP contribution >= 0.6 is 24.0 Å². The number of ether oxygens (including phenoxy) is 1. The zero-order valence-electron chi connectivity index (χ0n) is 18.8. The predicted molar refractivity (Wildman–Crippen MR) is 135 cm³/mol. The fourth-order valence-corrected chi connectivity index (χ4v) is 5.11. The molecule has 3 aliphatic rings. The van der Waals surface area contributed by atoms with Crippen molar-refractivity contribution >= 4 is 29.9 Å². The molecule has 174 valence electrons. The molecular formula is C23H34IN7O. The number of nitrogens with one attached hydrogen (secondary N) is 1. The molecular weight excluding hydrogens is 517 g/mol. The van der Waals surface area contributed by atoms with Gasteiger partial charge < -0.3 is 19.5 Å². The Morgan fingerprint density at radius 2 is 2.00 bits per heavy atom. The van der Waals surface area contributed by atoms with Gasteiger partial charge in [0.15, 0.2) is 11.8 Å². The van der Waals surface area contributed by atoms with Crippen molar-refractivity contribution in [3.63, 3.8) is 0 Å². The molecule has 0 spiro atoms. The molecule has 0 aliphatic carbocycles. The molecule has 1 aromatic heterocycles. The summed E-state index contributed by atoms with van der Waals surface area (Å²) < 4.78 is 8.43. The number of fused-ring (bicyclic) bond motifs is 2. The van der Waals surface area contributed by atoms with E-state index in [4.69, 9.17) is 4.74 Å². The molecule has 1 N–H and O–H groups in total. The summed E-state index contributed by atoms with van der Waals surface area (Å²) in [4.78, 5) is 9.46. The number of hydrogen-bond donors (Lipinski definition) is 1. The number of morpholine rings is 1. The Bertz CT molecular complexity index is 903. The quantitative estimate of drug-likeness (QED) is 0.358. The summed E-state index contributed by atoms with van der Waals surface area (Å²) in [7, 11) is 1.86. The van der Waals surface area contributed by atoms with E-state index in [1.807, 2.05) is 7.05 Å². The molecule has 3 aliphatic heterocycles. The summed E-state index contributed by atoms with van der Waals surface area (Å²) in [5, 5.41) is 12.4. The van der Waals surface area contributed by atoms with E-state index in [0.717, 1.165) is 63.4 Å². The van der Waals surface area contributed by atoms with Crippen LogP contribution in [0.1, 0.15) is 36.5 Å². The van der Waals surface area contributed by atoms with Gasteiger partial charge in [0.25, 0.3) is 0 Å². The first-order chi connectivity index (χ1) is 15.3. The second-order valence-corrected chi connectivity index (χ2v) is 8.73. The molecule has 5 rings (SSSR count). The van der Waals surface area contributed by atoms with Gasteiger partial charge in [0.1, 0.15) is 5.82 Å². The van der Waals surface area contributed by atoms with Crippen molar-refractivity contribution in [3.05, 3.63) is 47.5 Å². The molecule has 2 fully saturated rings. The Labute approximate surface area is 207 Å². The molecule has 32 heavy (non-hydrogen) atoms. The fraction of sp³-hybridized carbons (Fsp3) is 0.609. The van der Waals surface area contributed by atoms with Gasteiger partial charge in [0, 0.05) is 46.2 Å². The van der Waals surface area contributed by atoms with Crippen LogP contribution in [0.2, 0.25) is 0 Å². The number of rotatable bonds is 4. The highest BCUT2D eigenvalue weighted by Gasteiger charge is 2.41. The number of aromatic nitrogens is 3. The maximum absolute atomic E-state index is 6.14. The smallest absolute Gasteiger partial charge is 0.194 e. The third kappa shape index (κ3) is 5.09. The van der Waals surface area contributed by atoms with E-state index in [1.165, 1.54) is 24.8 Å². The lowest BCUT2D eigenvalue weighted by atomic mass is 10.1. The highest BCUT2D eigenvalue weighted by Crippen LogP contribution is 2.25. The van der Waals surface area contributed by atoms with Gasteiger partial charge in [-0.15, -0.1) is 34.2 Å². The second-order valence-electron chi connectivity index (χ2n) is 8.73. The molecule has 0 amide bonds. The Balaban J connectivity index is 0.00000245. The highest BCUT2D eigenvalue weighted by molar-refractivity contribution is 14.0. The van der Waals surface area contributed by atoms with E-state index in [9.17, 15) is 0 Å². The number of benzene rings is 1. The molecule has 0 saturated carbocycles. The van der Waals surface area contributed by atoms with Gasteiger partial charge in [-0.2, -0.15) is 0 Å².